The van der Waals surface area contributed by atoms with Crippen molar-refractivity contribution in [2.75, 3.05) is 6.54 Å². The van der Waals surface area contributed by atoms with Gasteiger partial charge in [0.2, 0.25) is 5.91 Å². The zero-order chi connectivity index (χ0) is 20.1. The van der Waals surface area contributed by atoms with Crippen LogP contribution in [0.1, 0.15) is 29.2 Å². The van der Waals surface area contributed by atoms with E-state index in [1.807, 2.05) is 48.7 Å². The lowest BCUT2D eigenvalue weighted by molar-refractivity contribution is -0.121. The number of hydrogen-bond acceptors (Lipinski definition) is 2. The number of benzene rings is 2. The molecule has 4 nitrogen and oxygen atoms in total. The maximum atomic E-state index is 14.6. The Hall–Kier alpha value is -3.47. The zero-order valence-electron chi connectivity index (χ0n) is 15.9. The Morgan fingerprint density at radius 1 is 1.00 bits per heavy atom. The largest absolute Gasteiger partial charge is 0.361 e. The summed E-state index contributed by atoms with van der Waals surface area (Å²) in [6.07, 6.45) is 4.44. The smallest absolute Gasteiger partial charge is 0.220 e. The number of pyridine rings is 1. The molecule has 1 amide bonds. The molecule has 2 aromatic heterocycles. The molecule has 0 aliphatic rings. The molecule has 0 saturated carbocycles. The molecule has 0 fully saturated rings. The van der Waals surface area contributed by atoms with E-state index < -0.39 is 0 Å². The number of hydrogen-bond donors (Lipinski definition) is 2. The number of rotatable bonds is 7. The van der Waals surface area contributed by atoms with Gasteiger partial charge in [0.1, 0.15) is 5.82 Å². The minimum Gasteiger partial charge on any atom is -0.361 e. The van der Waals surface area contributed by atoms with Crippen LogP contribution in [-0.2, 0) is 11.2 Å². The number of fused-ring (bicyclic) bond motifs is 1. The molecule has 29 heavy (non-hydrogen) atoms. The van der Waals surface area contributed by atoms with Crippen molar-refractivity contribution in [2.24, 2.45) is 0 Å². The number of halogens is 1. The Morgan fingerprint density at radius 3 is 2.62 bits per heavy atom. The number of aromatic amines is 1. The van der Waals surface area contributed by atoms with E-state index in [0.29, 0.717) is 18.5 Å². The second kappa shape index (κ2) is 8.69. The fourth-order valence-electron chi connectivity index (χ4n) is 3.66. The van der Waals surface area contributed by atoms with Gasteiger partial charge in [0, 0.05) is 54.3 Å². The molecular weight excluding hydrogens is 365 g/mol. The number of carbonyl (C=O) groups excluding carboxylic acids is 1. The summed E-state index contributed by atoms with van der Waals surface area (Å²) < 4.78 is 14.6. The lowest BCUT2D eigenvalue weighted by Crippen LogP contribution is -2.27. The quantitative estimate of drug-likeness (QED) is 0.488. The van der Waals surface area contributed by atoms with Crippen molar-refractivity contribution in [1.29, 1.82) is 0 Å². The number of nitrogens with one attached hydrogen (secondary N) is 2. The summed E-state index contributed by atoms with van der Waals surface area (Å²) in [5.41, 5.74) is 3.34. The summed E-state index contributed by atoms with van der Waals surface area (Å²) in [6, 6.07) is 20.3. The molecule has 2 N–H and O–H groups in total. The van der Waals surface area contributed by atoms with Gasteiger partial charge in [-0.2, -0.15) is 0 Å². The molecule has 4 aromatic rings. The molecule has 0 saturated heterocycles. The predicted molar refractivity (Wildman–Crippen MR) is 112 cm³/mol. The number of amides is 1. The third-order valence-corrected chi connectivity index (χ3v) is 5.10. The number of carbonyl (C=O) groups is 1. The normalized spacial score (nSPS) is 12.0. The average Bonchev–Trinajstić information content (AvgIpc) is 3.17. The first-order chi connectivity index (χ1) is 14.2. The highest BCUT2D eigenvalue weighted by atomic mass is 19.1. The van der Waals surface area contributed by atoms with Gasteiger partial charge >= 0.3 is 0 Å². The summed E-state index contributed by atoms with van der Waals surface area (Å²) in [5, 5.41) is 3.95. The van der Waals surface area contributed by atoms with E-state index in [1.165, 1.54) is 6.07 Å². The predicted octanol–water partition coefficient (Wildman–Crippen LogP) is 4.58. The van der Waals surface area contributed by atoms with Crippen LogP contribution in [0.15, 0.2) is 79.1 Å². The van der Waals surface area contributed by atoms with Gasteiger partial charge in [-0.15, -0.1) is 0 Å². The number of H-pyrrole nitrogens is 1. The van der Waals surface area contributed by atoms with Gasteiger partial charge in [0.15, 0.2) is 0 Å². The molecule has 146 valence electrons. The fraction of sp³-hybridized carbons (Fsp3) is 0.167. The standard InChI is InChI=1S/C24H22FN3O/c25-22-10-3-1-8-18(22)20(21-16-28-23-11-4-2-9-19(21)23)15-24(29)27-14-12-17-7-5-6-13-26-17/h1-11,13,16,20,28H,12,14-15H2,(H,27,29)/t20-/m0/s1. The van der Waals surface area contributed by atoms with Crippen LogP contribution < -0.4 is 5.32 Å². The monoisotopic (exact) mass is 387 g/mol. The van der Waals surface area contributed by atoms with Crippen molar-refractivity contribution in [1.82, 2.24) is 15.3 Å². The number of para-hydroxylation sites is 1. The fourth-order valence-corrected chi connectivity index (χ4v) is 3.66. The summed E-state index contributed by atoms with van der Waals surface area (Å²) in [6.45, 7) is 0.494. The second-order valence-electron chi connectivity index (χ2n) is 6.99. The van der Waals surface area contributed by atoms with Crippen LogP contribution in [0.25, 0.3) is 10.9 Å². The maximum absolute atomic E-state index is 14.6. The van der Waals surface area contributed by atoms with Crippen LogP contribution in [-0.4, -0.2) is 22.4 Å². The molecule has 2 aromatic carbocycles. The van der Waals surface area contributed by atoms with Crippen molar-refractivity contribution in [3.8, 4) is 0 Å². The first kappa shape index (κ1) is 18.9. The maximum Gasteiger partial charge on any atom is 0.220 e. The Labute approximate surface area is 168 Å². The Kier molecular flexibility index (Phi) is 5.66. The van der Waals surface area contributed by atoms with Crippen molar-refractivity contribution >= 4 is 16.8 Å². The van der Waals surface area contributed by atoms with Gasteiger partial charge in [-0.05, 0) is 35.4 Å². The minimum absolute atomic E-state index is 0.112. The molecule has 0 bridgehead atoms. The highest BCUT2D eigenvalue weighted by Crippen LogP contribution is 2.34. The van der Waals surface area contributed by atoms with Gasteiger partial charge < -0.3 is 10.3 Å². The lowest BCUT2D eigenvalue weighted by atomic mass is 9.87. The lowest BCUT2D eigenvalue weighted by Gasteiger charge is -2.18. The number of aromatic nitrogens is 2. The van der Waals surface area contributed by atoms with E-state index in [4.69, 9.17) is 0 Å². The van der Waals surface area contributed by atoms with Crippen LogP contribution in [0, 0.1) is 5.82 Å². The molecule has 0 unspecified atom stereocenters. The Morgan fingerprint density at radius 2 is 1.79 bits per heavy atom. The van der Waals surface area contributed by atoms with E-state index >= 15 is 0 Å². The zero-order valence-corrected chi connectivity index (χ0v) is 15.9. The highest BCUT2D eigenvalue weighted by Gasteiger charge is 2.23. The van der Waals surface area contributed by atoms with Gasteiger partial charge in [-0.25, -0.2) is 4.39 Å². The Balaban J connectivity index is 1.54. The van der Waals surface area contributed by atoms with Gasteiger partial charge in [-0.1, -0.05) is 42.5 Å². The summed E-state index contributed by atoms with van der Waals surface area (Å²) in [7, 11) is 0. The van der Waals surface area contributed by atoms with Crippen LogP contribution in [0.2, 0.25) is 0 Å². The second-order valence-corrected chi connectivity index (χ2v) is 6.99. The average molecular weight is 387 g/mol. The Bertz CT molecular complexity index is 1110. The molecule has 2 heterocycles. The first-order valence-corrected chi connectivity index (χ1v) is 9.69. The SMILES string of the molecule is O=C(C[C@@H](c1ccccc1F)c1c[nH]c2ccccc12)NCCc1ccccn1. The first-order valence-electron chi connectivity index (χ1n) is 9.69. The molecule has 0 aliphatic heterocycles. The van der Waals surface area contributed by atoms with Crippen molar-refractivity contribution < 1.29 is 9.18 Å². The van der Waals surface area contributed by atoms with Crippen molar-refractivity contribution in [3.63, 3.8) is 0 Å². The molecule has 5 heteroatoms. The van der Waals surface area contributed by atoms with E-state index in [-0.39, 0.29) is 24.1 Å². The van der Waals surface area contributed by atoms with E-state index in [2.05, 4.69) is 15.3 Å². The van der Waals surface area contributed by atoms with Gasteiger partial charge in [0.05, 0.1) is 0 Å². The number of nitrogens with zero attached hydrogens (tertiary/aromatic N) is 1. The molecule has 0 aliphatic carbocycles. The van der Waals surface area contributed by atoms with Crippen LogP contribution >= 0.6 is 0 Å². The van der Waals surface area contributed by atoms with Crippen LogP contribution in [0.3, 0.4) is 0 Å². The third-order valence-electron chi connectivity index (χ3n) is 5.10. The van der Waals surface area contributed by atoms with Crippen LogP contribution in [0.5, 0.6) is 0 Å². The van der Waals surface area contributed by atoms with Crippen molar-refractivity contribution in [2.45, 2.75) is 18.8 Å². The van der Waals surface area contributed by atoms with E-state index in [0.717, 1.165) is 22.2 Å². The summed E-state index contributed by atoms with van der Waals surface area (Å²) in [5.74, 6) is -0.786. The van der Waals surface area contributed by atoms with Crippen molar-refractivity contribution in [3.05, 3.63) is 102 Å². The summed E-state index contributed by atoms with van der Waals surface area (Å²) >= 11 is 0. The molecule has 0 radical (unpaired) electrons. The minimum atomic E-state index is -0.373. The third kappa shape index (κ3) is 4.35. The van der Waals surface area contributed by atoms with Crippen LogP contribution in [0.4, 0.5) is 4.39 Å². The molecule has 4 rings (SSSR count). The molecule has 0 spiro atoms. The van der Waals surface area contributed by atoms with E-state index in [9.17, 15) is 9.18 Å². The topological polar surface area (TPSA) is 57.8 Å². The van der Waals surface area contributed by atoms with Gasteiger partial charge in [-0.3, -0.25) is 9.78 Å². The molecular formula is C24H22FN3O. The van der Waals surface area contributed by atoms with E-state index in [1.54, 1.807) is 24.4 Å². The molecule has 1 atom stereocenters. The summed E-state index contributed by atoms with van der Waals surface area (Å²) in [4.78, 5) is 20.2. The van der Waals surface area contributed by atoms with Gasteiger partial charge in [0.25, 0.3) is 0 Å². The highest BCUT2D eigenvalue weighted by molar-refractivity contribution is 5.86.